The lowest BCUT2D eigenvalue weighted by Crippen LogP contribution is -2.18. The van der Waals surface area contributed by atoms with Gasteiger partial charge in [0.05, 0.1) is 13.2 Å². The second kappa shape index (κ2) is 53.7. The normalized spacial score (nSPS) is 11.1. The molecule has 0 saturated heterocycles. The number of unbranched alkanes of at least 4 members (excludes halogenated alkanes) is 28. The maximum atomic E-state index is 10.4. The summed E-state index contributed by atoms with van der Waals surface area (Å²) in [6.07, 6.45) is 37.5. The minimum atomic E-state index is -1.16. The van der Waals surface area contributed by atoms with Crippen LogP contribution < -0.4 is 0 Å². The van der Waals surface area contributed by atoms with Crippen LogP contribution in [0.15, 0.2) is 0 Å². The Morgan fingerprint density at radius 3 is 0.754 bits per heavy atom. The third-order valence-electron chi connectivity index (χ3n) is 9.56. The summed E-state index contributed by atoms with van der Waals surface area (Å²) in [5, 5.41) is 66.5. The Hall–Kier alpha value is -2.28. The van der Waals surface area contributed by atoms with Crippen molar-refractivity contribution in [1.29, 1.82) is 0 Å². The predicted molar refractivity (Wildman–Crippen MR) is 230 cm³/mol. The summed E-state index contributed by atoms with van der Waals surface area (Å²) in [4.78, 5) is 40.5. The molecule has 12 nitrogen and oxygen atoms in total. The van der Waals surface area contributed by atoms with Crippen molar-refractivity contribution in [3.8, 4) is 0 Å². The number of carboxylic acids is 4. The fraction of sp³-hybridized carbons (Fsp3) is 0.911. The first-order chi connectivity index (χ1) is 27.4. The van der Waals surface area contributed by atoms with Crippen LogP contribution >= 0.6 is 0 Å². The molecule has 0 heterocycles. The third-order valence-corrected chi connectivity index (χ3v) is 9.56. The Bertz CT molecular complexity index is 819. The number of aliphatic carboxylic acids is 4. The van der Waals surface area contributed by atoms with E-state index in [1.807, 2.05) is 0 Å². The lowest BCUT2D eigenvalue weighted by Gasteiger charge is -2.05. The first-order valence-electron chi connectivity index (χ1n) is 22.8. The number of carboxylic acid groups (broad SMARTS) is 4. The van der Waals surface area contributed by atoms with Gasteiger partial charge in [-0.3, -0.25) is 14.4 Å². The van der Waals surface area contributed by atoms with Crippen LogP contribution in [0.1, 0.15) is 239 Å². The molecule has 0 fully saturated rings. The van der Waals surface area contributed by atoms with Crippen LogP contribution in [0.4, 0.5) is 0 Å². The molecule has 0 saturated carbocycles. The summed E-state index contributed by atoms with van der Waals surface area (Å²) in [5.74, 6) is -3.49. The molecule has 8 N–H and O–H groups in total. The Balaban J connectivity index is -0.000000360. The van der Waals surface area contributed by atoms with Gasteiger partial charge in [-0.25, -0.2) is 4.79 Å². The van der Waals surface area contributed by atoms with E-state index >= 15 is 0 Å². The fourth-order valence-corrected chi connectivity index (χ4v) is 5.91. The van der Waals surface area contributed by atoms with Crippen LogP contribution in [0.2, 0.25) is 0 Å². The van der Waals surface area contributed by atoms with Crippen LogP contribution in [0, 0.1) is 0 Å². The van der Waals surface area contributed by atoms with Gasteiger partial charge in [0.2, 0.25) is 0 Å². The van der Waals surface area contributed by atoms with Crippen molar-refractivity contribution in [1.82, 2.24) is 0 Å². The van der Waals surface area contributed by atoms with Gasteiger partial charge in [0.25, 0.3) is 0 Å². The van der Waals surface area contributed by atoms with Crippen LogP contribution in [-0.2, 0) is 19.2 Å². The van der Waals surface area contributed by atoms with Crippen molar-refractivity contribution in [3.63, 3.8) is 0 Å². The molecule has 1 unspecified atom stereocenters. The average molecular weight is 823 g/mol. The molecule has 0 bridgehead atoms. The maximum Gasteiger partial charge on any atom is 0.332 e. The number of aliphatic hydroxyl groups excluding tert-OH is 4. The summed E-state index contributed by atoms with van der Waals surface area (Å²) in [6.45, 7) is 3.80. The van der Waals surface area contributed by atoms with Crippen molar-refractivity contribution >= 4 is 23.9 Å². The minimum Gasteiger partial charge on any atom is -0.481 e. The van der Waals surface area contributed by atoms with E-state index in [0.29, 0.717) is 25.7 Å². The van der Waals surface area contributed by atoms with Gasteiger partial charge in [0, 0.05) is 19.3 Å². The van der Waals surface area contributed by atoms with Crippen molar-refractivity contribution in [2.45, 2.75) is 251 Å². The largest absolute Gasteiger partial charge is 0.481 e. The quantitative estimate of drug-likeness (QED) is 0.0271. The zero-order valence-corrected chi connectivity index (χ0v) is 36.5. The Morgan fingerprint density at radius 2 is 0.561 bits per heavy atom. The van der Waals surface area contributed by atoms with Gasteiger partial charge in [-0.2, -0.15) is 0 Å². The van der Waals surface area contributed by atoms with Crippen LogP contribution in [0.5, 0.6) is 0 Å². The number of rotatable bonds is 39. The van der Waals surface area contributed by atoms with Gasteiger partial charge in [0.15, 0.2) is 6.10 Å². The van der Waals surface area contributed by atoms with E-state index in [-0.39, 0.29) is 26.1 Å². The first kappa shape index (κ1) is 61.4. The predicted octanol–water partition coefficient (Wildman–Crippen LogP) is 10.7. The number of aliphatic hydroxyl groups is 4. The van der Waals surface area contributed by atoms with Crippen LogP contribution in [-0.4, -0.2) is 90.2 Å². The molecule has 0 aliphatic carbocycles. The lowest BCUT2D eigenvalue weighted by atomic mass is 10.0. The van der Waals surface area contributed by atoms with Gasteiger partial charge in [-0.05, 0) is 25.7 Å². The first-order valence-corrected chi connectivity index (χ1v) is 22.8. The monoisotopic (exact) mass is 823 g/mol. The molecule has 342 valence electrons. The lowest BCUT2D eigenvalue weighted by molar-refractivity contribution is -0.147. The molecule has 0 aliphatic rings. The molecule has 0 aromatic rings. The summed E-state index contributed by atoms with van der Waals surface area (Å²) in [5.41, 5.74) is 0. The molecule has 0 aromatic heterocycles. The highest BCUT2D eigenvalue weighted by atomic mass is 16.4. The van der Waals surface area contributed by atoms with E-state index in [1.165, 1.54) is 161 Å². The standard InChI is InChI=1S/C18H36O3.C18H36O2.C6H10O4.C3H8O3/c1-2-3-4-5-6-7-8-9-10-11-12-13-14-15-16-17(19)18(20)21;1-2-3-4-5-6-7-8-9-10-11-12-13-14-15-16-17-18(19)20;7-5(8)3-1-2-4-6(9)10;4-1-3(6)2-5/h17,19H,2-16H2,1H3,(H,20,21);2-17H2,1H3,(H,19,20);1-4H2,(H,7,8)(H,9,10);3-6H,1-2H2. The Kier molecular flexibility index (Phi) is 57.9. The van der Waals surface area contributed by atoms with E-state index < -0.39 is 36.1 Å². The molecule has 0 radical (unpaired) electrons. The highest BCUT2D eigenvalue weighted by Gasteiger charge is 2.11. The van der Waals surface area contributed by atoms with E-state index in [1.54, 1.807) is 0 Å². The molecular weight excluding hydrogens is 732 g/mol. The molecule has 1 atom stereocenters. The summed E-state index contributed by atoms with van der Waals surface area (Å²) < 4.78 is 0. The minimum absolute atomic E-state index is 0.0628. The molecule has 0 rings (SSSR count). The zero-order chi connectivity index (χ0) is 43.6. The smallest absolute Gasteiger partial charge is 0.332 e. The molecule has 0 amide bonds. The molecule has 0 spiro atoms. The maximum absolute atomic E-state index is 10.4. The SMILES string of the molecule is CCCCCCCCCCCCCCCCC(O)C(=O)O.CCCCCCCCCCCCCCCCCC(=O)O.O=C(O)CCCCC(=O)O.OCC(O)CO. The highest BCUT2D eigenvalue weighted by molar-refractivity contribution is 5.71. The van der Waals surface area contributed by atoms with E-state index in [9.17, 15) is 19.2 Å². The van der Waals surface area contributed by atoms with Gasteiger partial charge >= 0.3 is 23.9 Å². The average Bonchev–Trinajstić information content (AvgIpc) is 3.18. The van der Waals surface area contributed by atoms with Gasteiger partial charge in [0.1, 0.15) is 6.10 Å². The fourth-order valence-electron chi connectivity index (χ4n) is 5.91. The molecule has 0 aromatic carbocycles. The highest BCUT2D eigenvalue weighted by Crippen LogP contribution is 2.15. The van der Waals surface area contributed by atoms with Gasteiger partial charge in [-0.1, -0.05) is 194 Å². The molecule has 57 heavy (non-hydrogen) atoms. The summed E-state index contributed by atoms with van der Waals surface area (Å²) >= 11 is 0. The van der Waals surface area contributed by atoms with Crippen LogP contribution in [0.3, 0.4) is 0 Å². The van der Waals surface area contributed by atoms with Gasteiger partial charge in [-0.15, -0.1) is 0 Å². The number of hydrogen-bond donors (Lipinski definition) is 8. The topological polar surface area (TPSA) is 230 Å². The van der Waals surface area contributed by atoms with Crippen molar-refractivity contribution in [3.05, 3.63) is 0 Å². The van der Waals surface area contributed by atoms with Crippen LogP contribution in [0.25, 0.3) is 0 Å². The molecule has 0 aliphatic heterocycles. The number of carbonyl (C=O) groups is 4. The summed E-state index contributed by atoms with van der Waals surface area (Å²) in [6, 6.07) is 0. The zero-order valence-electron chi connectivity index (χ0n) is 36.5. The third kappa shape index (κ3) is 68.7. The van der Waals surface area contributed by atoms with Crippen molar-refractivity contribution in [2.75, 3.05) is 13.2 Å². The second-order valence-electron chi connectivity index (χ2n) is 15.3. The van der Waals surface area contributed by atoms with E-state index in [2.05, 4.69) is 13.8 Å². The Labute approximate surface area is 347 Å². The Morgan fingerprint density at radius 1 is 0.351 bits per heavy atom. The van der Waals surface area contributed by atoms with E-state index in [4.69, 9.17) is 40.9 Å². The molecule has 12 heteroatoms. The second-order valence-corrected chi connectivity index (χ2v) is 15.3. The summed E-state index contributed by atoms with van der Waals surface area (Å²) in [7, 11) is 0. The van der Waals surface area contributed by atoms with E-state index in [0.717, 1.165) is 25.7 Å². The van der Waals surface area contributed by atoms with Crippen molar-refractivity contribution < 1.29 is 60.0 Å². The number of hydrogen-bond acceptors (Lipinski definition) is 8. The molecular formula is C45H90O12. The van der Waals surface area contributed by atoms with Gasteiger partial charge < -0.3 is 40.9 Å². The van der Waals surface area contributed by atoms with Crippen molar-refractivity contribution in [2.24, 2.45) is 0 Å².